The summed E-state index contributed by atoms with van der Waals surface area (Å²) < 4.78 is 1.48. The first-order chi connectivity index (χ1) is 14.3. The van der Waals surface area contributed by atoms with Crippen LogP contribution in [-0.4, -0.2) is 32.1 Å². The lowest BCUT2D eigenvalue weighted by molar-refractivity contribution is 0.0688. The lowest BCUT2D eigenvalue weighted by Crippen LogP contribution is -2.17. The molecule has 0 spiro atoms. The van der Waals surface area contributed by atoms with Crippen LogP contribution in [0.1, 0.15) is 32.0 Å². The van der Waals surface area contributed by atoms with Crippen molar-refractivity contribution in [3.63, 3.8) is 0 Å². The maximum Gasteiger partial charge on any atom is 0.337 e. The van der Waals surface area contributed by atoms with Crippen LogP contribution in [-0.2, 0) is 12.8 Å². The Morgan fingerprint density at radius 2 is 1.37 bits per heavy atom. The molecule has 0 amide bonds. The van der Waals surface area contributed by atoms with E-state index in [0.29, 0.717) is 57.2 Å². The zero-order chi connectivity index (χ0) is 21.2. The van der Waals surface area contributed by atoms with Crippen molar-refractivity contribution >= 4 is 65.6 Å². The Morgan fingerprint density at radius 1 is 0.800 bits per heavy atom. The molecular weight excluding hydrogens is 516 g/mol. The van der Waals surface area contributed by atoms with Gasteiger partial charge in [-0.05, 0) is 54.8 Å². The number of carbonyl (C=O) groups is 2. The minimum absolute atomic E-state index is 0.0950. The summed E-state index contributed by atoms with van der Waals surface area (Å²) in [6.45, 7) is 0. The van der Waals surface area contributed by atoms with Crippen molar-refractivity contribution in [2.24, 2.45) is 0 Å². The van der Waals surface area contributed by atoms with Crippen LogP contribution in [0, 0.1) is 0 Å². The number of fused-ring (bicyclic) bond motifs is 5. The predicted molar refractivity (Wildman–Crippen MR) is 119 cm³/mol. The number of carboxylic acids is 2. The summed E-state index contributed by atoms with van der Waals surface area (Å²) in [5, 5.41) is 21.1. The smallest absolute Gasteiger partial charge is 0.337 e. The Bertz CT molecular complexity index is 1430. The van der Waals surface area contributed by atoms with E-state index in [1.54, 1.807) is 30.3 Å². The van der Waals surface area contributed by atoms with E-state index in [2.05, 4.69) is 36.8 Å². The summed E-state index contributed by atoms with van der Waals surface area (Å²) >= 11 is 6.78. The lowest BCUT2D eigenvalue weighted by Gasteiger charge is -2.23. The van der Waals surface area contributed by atoms with Crippen molar-refractivity contribution < 1.29 is 19.8 Å². The van der Waals surface area contributed by atoms with E-state index in [9.17, 15) is 19.8 Å². The van der Waals surface area contributed by atoms with Crippen LogP contribution < -0.4 is 0 Å². The topological polar surface area (TPSA) is 100 Å². The summed E-state index contributed by atoms with van der Waals surface area (Å²) in [4.78, 5) is 33.9. The van der Waals surface area contributed by atoms with Gasteiger partial charge in [0.25, 0.3) is 0 Å². The fourth-order valence-corrected chi connectivity index (χ4v) is 4.88. The number of pyridine rings is 2. The summed E-state index contributed by atoms with van der Waals surface area (Å²) in [6.07, 6.45) is 0.865. The van der Waals surface area contributed by atoms with Crippen LogP contribution in [0.4, 0.5) is 0 Å². The highest BCUT2D eigenvalue weighted by atomic mass is 79.9. The Morgan fingerprint density at radius 3 is 1.97 bits per heavy atom. The van der Waals surface area contributed by atoms with Gasteiger partial charge in [0.2, 0.25) is 0 Å². The third-order valence-electron chi connectivity index (χ3n) is 5.35. The Balaban J connectivity index is 1.97. The van der Waals surface area contributed by atoms with Gasteiger partial charge in [0.15, 0.2) is 0 Å². The van der Waals surface area contributed by atoms with Crippen molar-refractivity contribution in [3.8, 4) is 11.3 Å². The number of hydrogen-bond donors (Lipinski definition) is 2. The molecule has 2 aromatic heterocycles. The van der Waals surface area contributed by atoms with E-state index in [1.165, 1.54) is 0 Å². The average Bonchev–Trinajstić information content (AvgIpc) is 2.69. The quantitative estimate of drug-likeness (QED) is 0.358. The summed E-state index contributed by atoms with van der Waals surface area (Å²) in [5.41, 5.74) is 3.28. The molecule has 0 fully saturated rings. The first kappa shape index (κ1) is 19.1. The highest BCUT2D eigenvalue weighted by Gasteiger charge is 2.31. The third-order valence-corrected chi connectivity index (χ3v) is 6.33. The van der Waals surface area contributed by atoms with Gasteiger partial charge in [-0.25, -0.2) is 14.6 Å². The molecule has 2 aromatic carbocycles. The summed E-state index contributed by atoms with van der Waals surface area (Å²) in [6, 6.07) is 10.6. The van der Waals surface area contributed by atoms with Crippen LogP contribution in [0.3, 0.4) is 0 Å². The second kappa shape index (κ2) is 6.85. The number of benzene rings is 2. The van der Waals surface area contributed by atoms with Crippen molar-refractivity contribution in [1.82, 2.24) is 9.97 Å². The molecule has 0 saturated carbocycles. The summed E-state index contributed by atoms with van der Waals surface area (Å²) in [5.74, 6) is -2.16. The third kappa shape index (κ3) is 2.82. The highest BCUT2D eigenvalue weighted by molar-refractivity contribution is 9.10. The number of aryl methyl sites for hydroxylation is 1. The van der Waals surface area contributed by atoms with E-state index in [4.69, 9.17) is 4.98 Å². The van der Waals surface area contributed by atoms with Crippen LogP contribution in [0.5, 0.6) is 0 Å². The zero-order valence-electron chi connectivity index (χ0n) is 15.2. The molecule has 0 aliphatic heterocycles. The van der Waals surface area contributed by atoms with E-state index < -0.39 is 11.9 Å². The Hall–Kier alpha value is -2.84. The zero-order valence-corrected chi connectivity index (χ0v) is 18.4. The predicted octanol–water partition coefficient (Wildman–Crippen LogP) is 5.47. The molecule has 4 aromatic rings. The summed E-state index contributed by atoms with van der Waals surface area (Å²) in [7, 11) is 0. The highest BCUT2D eigenvalue weighted by Crippen LogP contribution is 2.41. The fourth-order valence-electron chi connectivity index (χ4n) is 4.16. The largest absolute Gasteiger partial charge is 0.478 e. The van der Waals surface area contributed by atoms with Crippen molar-refractivity contribution in [1.29, 1.82) is 0 Å². The molecule has 5 rings (SSSR count). The van der Waals surface area contributed by atoms with Gasteiger partial charge in [-0.1, -0.05) is 31.9 Å². The number of carboxylic acid groups (broad SMARTS) is 2. The number of rotatable bonds is 2. The van der Waals surface area contributed by atoms with Gasteiger partial charge in [0.1, 0.15) is 0 Å². The molecule has 0 saturated heterocycles. The van der Waals surface area contributed by atoms with Crippen LogP contribution in [0.15, 0.2) is 45.3 Å². The molecule has 6 nitrogen and oxygen atoms in total. The Kier molecular flexibility index (Phi) is 4.37. The molecule has 148 valence electrons. The van der Waals surface area contributed by atoms with Crippen LogP contribution in [0.25, 0.3) is 33.1 Å². The second-order valence-electron chi connectivity index (χ2n) is 7.06. The number of halogens is 2. The number of aromatic nitrogens is 2. The van der Waals surface area contributed by atoms with Crippen LogP contribution >= 0.6 is 31.9 Å². The van der Waals surface area contributed by atoms with Gasteiger partial charge < -0.3 is 10.2 Å². The van der Waals surface area contributed by atoms with Gasteiger partial charge in [0.05, 0.1) is 33.5 Å². The molecule has 1 aliphatic carbocycles. The lowest BCUT2D eigenvalue weighted by atomic mass is 9.84. The molecule has 2 N–H and O–H groups in total. The average molecular weight is 528 g/mol. The molecule has 0 bridgehead atoms. The van der Waals surface area contributed by atoms with Crippen molar-refractivity contribution in [2.75, 3.05) is 0 Å². The second-order valence-corrected chi connectivity index (χ2v) is 8.89. The first-order valence-electron chi connectivity index (χ1n) is 9.06. The van der Waals surface area contributed by atoms with Gasteiger partial charge in [-0.3, -0.25) is 4.98 Å². The van der Waals surface area contributed by atoms with Crippen molar-refractivity contribution in [3.05, 3.63) is 67.7 Å². The SMILES string of the molecule is O=C(O)c1c2c(nc3ccc(Br)cc13)-c1c(nc3ccc(Br)cc3c1C(=O)O)CC2. The van der Waals surface area contributed by atoms with E-state index >= 15 is 0 Å². The Labute approximate surface area is 186 Å². The number of nitrogens with zero attached hydrogens (tertiary/aromatic N) is 2. The fraction of sp³-hybridized carbons (Fsp3) is 0.0909. The van der Waals surface area contributed by atoms with Gasteiger partial charge in [-0.15, -0.1) is 0 Å². The molecule has 1 aliphatic rings. The molecule has 0 atom stereocenters. The van der Waals surface area contributed by atoms with E-state index in [0.717, 1.165) is 8.95 Å². The minimum atomic E-state index is -1.10. The molecular formula is C22H12Br2N2O4. The van der Waals surface area contributed by atoms with Crippen molar-refractivity contribution in [2.45, 2.75) is 12.8 Å². The molecule has 0 radical (unpaired) electrons. The monoisotopic (exact) mass is 526 g/mol. The minimum Gasteiger partial charge on any atom is -0.478 e. The van der Waals surface area contributed by atoms with Gasteiger partial charge >= 0.3 is 11.9 Å². The normalized spacial score (nSPS) is 12.6. The molecule has 30 heavy (non-hydrogen) atoms. The molecule has 2 heterocycles. The maximum absolute atomic E-state index is 12.3. The standard InChI is InChI=1S/C22H12Br2N2O4/c23-9-2-5-15-12(7-9)17(21(27)28)11-3-6-16-19(20(11)26-15)18(22(29)30)13-8-10(24)1-4-14(13)25-16/h1-2,4-5,7-8H,3,6H2,(H,27,28)(H,29,30). The van der Waals surface area contributed by atoms with Gasteiger partial charge in [-0.2, -0.15) is 0 Å². The van der Waals surface area contributed by atoms with Gasteiger partial charge in [0, 0.05) is 25.3 Å². The van der Waals surface area contributed by atoms with E-state index in [1.807, 2.05) is 6.07 Å². The number of hydrogen-bond acceptors (Lipinski definition) is 4. The molecule has 0 unspecified atom stereocenters. The van der Waals surface area contributed by atoms with Crippen LogP contribution in [0.2, 0.25) is 0 Å². The maximum atomic E-state index is 12.3. The number of aromatic carboxylic acids is 2. The first-order valence-corrected chi connectivity index (χ1v) is 10.6. The van der Waals surface area contributed by atoms with E-state index in [-0.39, 0.29) is 11.1 Å². The molecule has 8 heteroatoms.